The van der Waals surface area contributed by atoms with Crippen molar-refractivity contribution in [2.45, 2.75) is 32.4 Å². The summed E-state index contributed by atoms with van der Waals surface area (Å²) in [6.45, 7) is 2.15. The molecule has 0 saturated heterocycles. The van der Waals surface area contributed by atoms with Crippen molar-refractivity contribution in [1.82, 2.24) is 5.32 Å². The molecule has 5 heteroatoms. The van der Waals surface area contributed by atoms with Crippen LogP contribution in [0.1, 0.15) is 24.5 Å². The minimum atomic E-state index is -0.426. The van der Waals surface area contributed by atoms with E-state index in [0.29, 0.717) is 6.54 Å². The average Bonchev–Trinajstić information content (AvgIpc) is 2.28. The lowest BCUT2D eigenvalue weighted by atomic mass is 10.0. The number of amides is 2. The summed E-state index contributed by atoms with van der Waals surface area (Å²) in [5.74, 6) is -0.560. The van der Waals surface area contributed by atoms with E-state index in [4.69, 9.17) is 11.5 Å². The van der Waals surface area contributed by atoms with Crippen molar-refractivity contribution in [3.05, 3.63) is 35.4 Å². The van der Waals surface area contributed by atoms with Crippen LogP contribution < -0.4 is 16.8 Å². The zero-order valence-corrected chi connectivity index (χ0v) is 10.5. The minimum absolute atomic E-state index is 0.135. The summed E-state index contributed by atoms with van der Waals surface area (Å²) < 4.78 is 0. The number of rotatable bonds is 6. The average molecular weight is 249 g/mol. The Labute approximate surface area is 107 Å². The molecular formula is C13H19N3O2. The van der Waals surface area contributed by atoms with Crippen LogP contribution in [0, 0.1) is 0 Å². The van der Waals surface area contributed by atoms with Gasteiger partial charge in [0.25, 0.3) is 0 Å². The van der Waals surface area contributed by atoms with Gasteiger partial charge in [-0.05, 0) is 18.1 Å². The van der Waals surface area contributed by atoms with Crippen LogP contribution in [-0.2, 0) is 22.6 Å². The molecule has 18 heavy (non-hydrogen) atoms. The summed E-state index contributed by atoms with van der Waals surface area (Å²) in [5, 5.41) is 2.73. The van der Waals surface area contributed by atoms with Crippen molar-refractivity contribution in [2.24, 2.45) is 11.5 Å². The maximum Gasteiger partial charge on any atom is 0.224 e. The molecule has 0 fully saturated rings. The molecule has 0 aliphatic heterocycles. The van der Waals surface area contributed by atoms with E-state index in [2.05, 4.69) is 5.32 Å². The maximum absolute atomic E-state index is 11.8. The van der Waals surface area contributed by atoms with E-state index < -0.39 is 5.91 Å². The normalized spacial score (nSPS) is 11.9. The van der Waals surface area contributed by atoms with E-state index in [1.165, 1.54) is 0 Å². The number of nitrogens with one attached hydrogen (secondary N) is 1. The highest BCUT2D eigenvalue weighted by Crippen LogP contribution is 2.08. The fourth-order valence-corrected chi connectivity index (χ4v) is 1.78. The molecule has 0 aromatic heterocycles. The Morgan fingerprint density at radius 2 is 1.89 bits per heavy atom. The van der Waals surface area contributed by atoms with E-state index in [1.807, 2.05) is 24.3 Å². The summed E-state index contributed by atoms with van der Waals surface area (Å²) in [5.41, 5.74) is 12.5. The zero-order valence-electron chi connectivity index (χ0n) is 10.5. The van der Waals surface area contributed by atoms with Gasteiger partial charge in [0.05, 0.1) is 6.42 Å². The van der Waals surface area contributed by atoms with Crippen LogP contribution in [0.25, 0.3) is 0 Å². The molecule has 1 aromatic carbocycles. The number of carbonyl (C=O) groups is 2. The molecule has 0 spiro atoms. The molecular weight excluding hydrogens is 230 g/mol. The summed E-state index contributed by atoms with van der Waals surface area (Å²) in [6.07, 6.45) is 0.404. The van der Waals surface area contributed by atoms with Crippen molar-refractivity contribution < 1.29 is 9.59 Å². The van der Waals surface area contributed by atoms with Crippen molar-refractivity contribution in [3.8, 4) is 0 Å². The van der Waals surface area contributed by atoms with Gasteiger partial charge in [-0.3, -0.25) is 9.59 Å². The zero-order chi connectivity index (χ0) is 13.5. The summed E-state index contributed by atoms with van der Waals surface area (Å²) in [4.78, 5) is 22.5. The molecule has 1 unspecified atom stereocenters. The summed E-state index contributed by atoms with van der Waals surface area (Å²) in [7, 11) is 0. The largest absolute Gasteiger partial charge is 0.370 e. The predicted molar refractivity (Wildman–Crippen MR) is 69.5 cm³/mol. The topological polar surface area (TPSA) is 98.2 Å². The summed E-state index contributed by atoms with van der Waals surface area (Å²) in [6, 6.07) is 7.28. The molecule has 2 amide bonds. The summed E-state index contributed by atoms with van der Waals surface area (Å²) >= 11 is 0. The number of hydrogen-bond acceptors (Lipinski definition) is 3. The third-order valence-corrected chi connectivity index (χ3v) is 2.60. The van der Waals surface area contributed by atoms with E-state index in [9.17, 15) is 9.59 Å². The first-order valence-electron chi connectivity index (χ1n) is 5.87. The highest BCUT2D eigenvalue weighted by molar-refractivity contribution is 5.80. The van der Waals surface area contributed by atoms with Crippen LogP contribution in [0.2, 0.25) is 0 Å². The molecule has 5 N–H and O–H groups in total. The number of carbonyl (C=O) groups excluding carboxylic acids is 2. The van der Waals surface area contributed by atoms with Crippen LogP contribution in [-0.4, -0.2) is 17.9 Å². The third-order valence-electron chi connectivity index (χ3n) is 2.60. The number of hydrogen-bond donors (Lipinski definition) is 3. The Morgan fingerprint density at radius 3 is 2.44 bits per heavy atom. The Kier molecular flexibility index (Phi) is 5.32. The molecule has 0 saturated carbocycles. The second kappa shape index (κ2) is 6.76. The standard InChI is InChI=1S/C13H19N3O2/c1-9(6-12(15)17)16-13(18)7-10-4-2-3-5-11(10)8-14/h2-5,9H,6-8,14H2,1H3,(H2,15,17)(H,16,18). The highest BCUT2D eigenvalue weighted by Gasteiger charge is 2.11. The van der Waals surface area contributed by atoms with E-state index in [-0.39, 0.29) is 24.8 Å². The monoisotopic (exact) mass is 249 g/mol. The number of nitrogens with two attached hydrogens (primary N) is 2. The molecule has 98 valence electrons. The van der Waals surface area contributed by atoms with Gasteiger partial charge in [-0.15, -0.1) is 0 Å². The van der Waals surface area contributed by atoms with Gasteiger partial charge in [-0.2, -0.15) is 0 Å². The lowest BCUT2D eigenvalue weighted by molar-refractivity contribution is -0.121. The van der Waals surface area contributed by atoms with Crippen molar-refractivity contribution >= 4 is 11.8 Å². The van der Waals surface area contributed by atoms with Crippen LogP contribution in [0.5, 0.6) is 0 Å². The Hall–Kier alpha value is -1.88. The second-order valence-electron chi connectivity index (χ2n) is 4.29. The predicted octanol–water partition coefficient (Wildman–Crippen LogP) is 0.0679. The van der Waals surface area contributed by atoms with Crippen molar-refractivity contribution in [1.29, 1.82) is 0 Å². The van der Waals surface area contributed by atoms with Crippen LogP contribution in [0.15, 0.2) is 24.3 Å². The van der Waals surface area contributed by atoms with Crippen molar-refractivity contribution in [2.75, 3.05) is 0 Å². The van der Waals surface area contributed by atoms with Gasteiger partial charge in [0.2, 0.25) is 11.8 Å². The molecule has 0 heterocycles. The fourth-order valence-electron chi connectivity index (χ4n) is 1.78. The third kappa shape index (κ3) is 4.55. The first-order chi connectivity index (χ1) is 8.52. The van der Waals surface area contributed by atoms with Crippen LogP contribution in [0.3, 0.4) is 0 Å². The highest BCUT2D eigenvalue weighted by atomic mass is 16.2. The van der Waals surface area contributed by atoms with Crippen LogP contribution >= 0.6 is 0 Å². The first-order valence-corrected chi connectivity index (χ1v) is 5.87. The molecule has 1 aromatic rings. The SMILES string of the molecule is CC(CC(N)=O)NC(=O)Cc1ccccc1CN. The molecule has 0 aliphatic rings. The Bertz CT molecular complexity index is 432. The molecule has 0 aliphatic carbocycles. The number of benzene rings is 1. The van der Waals surface area contributed by atoms with Gasteiger partial charge in [-0.25, -0.2) is 0 Å². The van der Waals surface area contributed by atoms with Crippen LogP contribution in [0.4, 0.5) is 0 Å². The number of primary amides is 1. The molecule has 1 rings (SSSR count). The van der Waals surface area contributed by atoms with Gasteiger partial charge >= 0.3 is 0 Å². The molecule has 0 bridgehead atoms. The van der Waals surface area contributed by atoms with E-state index >= 15 is 0 Å². The van der Waals surface area contributed by atoms with Gasteiger partial charge in [-0.1, -0.05) is 24.3 Å². The van der Waals surface area contributed by atoms with Gasteiger partial charge in [0.15, 0.2) is 0 Å². The molecule has 1 atom stereocenters. The lowest BCUT2D eigenvalue weighted by Gasteiger charge is -2.13. The maximum atomic E-state index is 11.8. The molecule has 0 radical (unpaired) electrons. The van der Waals surface area contributed by atoms with E-state index in [1.54, 1.807) is 6.92 Å². The quantitative estimate of drug-likeness (QED) is 0.665. The van der Waals surface area contributed by atoms with Crippen molar-refractivity contribution in [3.63, 3.8) is 0 Å². The lowest BCUT2D eigenvalue weighted by Crippen LogP contribution is -2.36. The minimum Gasteiger partial charge on any atom is -0.370 e. The van der Waals surface area contributed by atoms with Gasteiger partial charge in [0.1, 0.15) is 0 Å². The van der Waals surface area contributed by atoms with Gasteiger partial charge in [0, 0.05) is 19.0 Å². The fraction of sp³-hybridized carbons (Fsp3) is 0.385. The Morgan fingerprint density at radius 1 is 1.28 bits per heavy atom. The Balaban J connectivity index is 2.56. The molecule has 5 nitrogen and oxygen atoms in total. The first kappa shape index (κ1) is 14.2. The van der Waals surface area contributed by atoms with Gasteiger partial charge < -0.3 is 16.8 Å². The second-order valence-corrected chi connectivity index (χ2v) is 4.29. The van der Waals surface area contributed by atoms with E-state index in [0.717, 1.165) is 11.1 Å². The smallest absolute Gasteiger partial charge is 0.224 e.